The fraction of sp³-hybridized carbons (Fsp3) is 0.375. The number of benzene rings is 1. The van der Waals surface area contributed by atoms with E-state index in [1.54, 1.807) is 0 Å². The van der Waals surface area contributed by atoms with Gasteiger partial charge in [-0.15, -0.1) is 0 Å². The first-order chi connectivity index (χ1) is 10.6. The Morgan fingerprint density at radius 3 is 2.86 bits per heavy atom. The molecule has 3 rings (SSSR count). The van der Waals surface area contributed by atoms with Gasteiger partial charge >= 0.3 is 0 Å². The van der Waals surface area contributed by atoms with Crippen LogP contribution in [0.5, 0.6) is 0 Å². The lowest BCUT2D eigenvalue weighted by molar-refractivity contribution is -0.135. The molecule has 22 heavy (non-hydrogen) atoms. The van der Waals surface area contributed by atoms with E-state index in [0.29, 0.717) is 32.1 Å². The normalized spacial score (nSPS) is 16.5. The molecule has 1 aromatic carbocycles. The highest BCUT2D eigenvalue weighted by atomic mass is 79.9. The van der Waals surface area contributed by atoms with Crippen molar-refractivity contribution in [3.05, 3.63) is 34.8 Å². The molecular weight excluding hydrogens is 346 g/mol. The smallest absolute Gasteiger partial charge is 0.244 e. The highest BCUT2D eigenvalue weighted by molar-refractivity contribution is 9.10. The molecule has 6 heteroatoms. The Morgan fingerprint density at radius 2 is 2.09 bits per heavy atom. The number of ether oxygens (including phenoxy) is 1. The van der Waals surface area contributed by atoms with Gasteiger partial charge in [0.2, 0.25) is 5.91 Å². The minimum absolute atomic E-state index is 0.0843. The number of carbonyl (C=O) groups is 1. The van der Waals surface area contributed by atoms with Crippen LogP contribution in [0.4, 0.5) is 5.82 Å². The monoisotopic (exact) mass is 363 g/mol. The van der Waals surface area contributed by atoms with Gasteiger partial charge < -0.3 is 15.0 Å². The molecule has 1 amide bonds. The topological polar surface area (TPSA) is 54.5 Å². The van der Waals surface area contributed by atoms with Crippen LogP contribution in [0.1, 0.15) is 6.92 Å². The van der Waals surface area contributed by atoms with E-state index in [1.165, 1.54) is 0 Å². The summed E-state index contributed by atoms with van der Waals surface area (Å²) in [6.07, 6.45) is 0. The Kier molecular flexibility index (Phi) is 4.59. The predicted octanol–water partition coefficient (Wildman–Crippen LogP) is 2.66. The molecule has 0 bridgehead atoms. The van der Waals surface area contributed by atoms with Crippen molar-refractivity contribution in [1.29, 1.82) is 0 Å². The van der Waals surface area contributed by atoms with Crippen molar-refractivity contribution < 1.29 is 9.53 Å². The minimum atomic E-state index is -0.307. The Morgan fingerprint density at radius 1 is 1.32 bits per heavy atom. The third kappa shape index (κ3) is 3.39. The number of amides is 1. The third-order valence-electron chi connectivity index (χ3n) is 3.71. The van der Waals surface area contributed by atoms with Gasteiger partial charge in [-0.2, -0.15) is 0 Å². The first kappa shape index (κ1) is 15.2. The number of nitrogens with zero attached hydrogens (tertiary/aromatic N) is 2. The van der Waals surface area contributed by atoms with E-state index in [1.807, 2.05) is 42.2 Å². The summed E-state index contributed by atoms with van der Waals surface area (Å²) in [6.45, 7) is 4.41. The maximum atomic E-state index is 12.4. The van der Waals surface area contributed by atoms with Crippen molar-refractivity contribution in [3.63, 3.8) is 0 Å². The number of morpholine rings is 1. The van der Waals surface area contributed by atoms with Gasteiger partial charge in [-0.1, -0.05) is 15.9 Å². The number of carbonyl (C=O) groups excluding carboxylic acids is 1. The van der Waals surface area contributed by atoms with Crippen LogP contribution in [-0.2, 0) is 9.53 Å². The molecule has 1 aliphatic heterocycles. The van der Waals surface area contributed by atoms with E-state index in [4.69, 9.17) is 4.74 Å². The van der Waals surface area contributed by atoms with Crippen LogP contribution in [0.15, 0.2) is 34.8 Å². The molecule has 1 saturated heterocycles. The van der Waals surface area contributed by atoms with Crippen LogP contribution in [0.2, 0.25) is 0 Å². The molecule has 0 spiro atoms. The molecular formula is C16H18BrN3O2. The van der Waals surface area contributed by atoms with Gasteiger partial charge in [-0.25, -0.2) is 4.98 Å². The summed E-state index contributed by atoms with van der Waals surface area (Å²) in [5.41, 5.74) is 0.902. The molecule has 1 aliphatic rings. The summed E-state index contributed by atoms with van der Waals surface area (Å²) in [7, 11) is 0. The van der Waals surface area contributed by atoms with Crippen LogP contribution in [0.3, 0.4) is 0 Å². The quantitative estimate of drug-likeness (QED) is 0.910. The number of nitrogens with one attached hydrogen (secondary N) is 1. The van der Waals surface area contributed by atoms with E-state index >= 15 is 0 Å². The van der Waals surface area contributed by atoms with E-state index in [9.17, 15) is 4.79 Å². The molecule has 116 valence electrons. The molecule has 0 radical (unpaired) electrons. The second-order valence-corrected chi connectivity index (χ2v) is 6.25. The summed E-state index contributed by atoms with van der Waals surface area (Å²) in [6, 6.07) is 9.53. The molecule has 1 N–H and O–H groups in total. The Balaban J connectivity index is 1.71. The van der Waals surface area contributed by atoms with Gasteiger partial charge in [0.05, 0.1) is 18.7 Å². The molecule has 1 aromatic heterocycles. The van der Waals surface area contributed by atoms with Crippen LogP contribution in [-0.4, -0.2) is 48.1 Å². The maximum Gasteiger partial charge on any atom is 0.244 e. The average molecular weight is 364 g/mol. The number of anilines is 1. The van der Waals surface area contributed by atoms with Crippen molar-refractivity contribution in [2.45, 2.75) is 13.0 Å². The maximum absolute atomic E-state index is 12.4. The Hall–Kier alpha value is -1.66. The van der Waals surface area contributed by atoms with Crippen LogP contribution in [0.25, 0.3) is 10.9 Å². The molecule has 1 atom stereocenters. The van der Waals surface area contributed by atoms with Gasteiger partial charge in [0.25, 0.3) is 0 Å². The van der Waals surface area contributed by atoms with E-state index < -0.39 is 0 Å². The molecule has 2 heterocycles. The number of hydrogen-bond donors (Lipinski definition) is 1. The number of rotatable bonds is 3. The van der Waals surface area contributed by atoms with Gasteiger partial charge in [0, 0.05) is 22.9 Å². The van der Waals surface area contributed by atoms with Gasteiger partial charge in [-0.05, 0) is 37.3 Å². The molecule has 5 nitrogen and oxygen atoms in total. The Bertz CT molecular complexity index is 686. The minimum Gasteiger partial charge on any atom is -0.378 e. The number of halogens is 1. The van der Waals surface area contributed by atoms with Crippen LogP contribution in [0, 0.1) is 0 Å². The highest BCUT2D eigenvalue weighted by Crippen LogP contribution is 2.20. The van der Waals surface area contributed by atoms with Crippen LogP contribution >= 0.6 is 15.9 Å². The zero-order valence-electron chi connectivity index (χ0n) is 12.4. The number of aromatic nitrogens is 1. The van der Waals surface area contributed by atoms with E-state index in [2.05, 4.69) is 26.2 Å². The summed E-state index contributed by atoms with van der Waals surface area (Å²) in [5.74, 6) is 0.796. The lowest BCUT2D eigenvalue weighted by Crippen LogP contribution is -2.47. The molecule has 1 unspecified atom stereocenters. The van der Waals surface area contributed by atoms with Crippen LogP contribution < -0.4 is 5.32 Å². The molecule has 0 aliphatic carbocycles. The Labute approximate surface area is 137 Å². The second-order valence-electron chi connectivity index (χ2n) is 5.34. The van der Waals surface area contributed by atoms with Crippen molar-refractivity contribution in [3.8, 4) is 0 Å². The van der Waals surface area contributed by atoms with Crippen molar-refractivity contribution in [2.24, 2.45) is 0 Å². The van der Waals surface area contributed by atoms with Crippen molar-refractivity contribution in [1.82, 2.24) is 9.88 Å². The predicted molar refractivity (Wildman–Crippen MR) is 89.9 cm³/mol. The van der Waals surface area contributed by atoms with E-state index in [0.717, 1.165) is 15.4 Å². The first-order valence-corrected chi connectivity index (χ1v) is 8.12. The second kappa shape index (κ2) is 6.62. The lowest BCUT2D eigenvalue weighted by atomic mass is 10.2. The van der Waals surface area contributed by atoms with Gasteiger partial charge in [0.1, 0.15) is 11.9 Å². The first-order valence-electron chi connectivity index (χ1n) is 7.33. The standard InChI is InChI=1S/C16H18BrN3O2/c1-11(16(21)20-6-8-22-9-7-20)18-15-5-2-12-10-13(17)3-4-14(12)19-15/h2-5,10-11H,6-9H2,1H3,(H,18,19). The van der Waals surface area contributed by atoms with Gasteiger partial charge in [-0.3, -0.25) is 4.79 Å². The average Bonchev–Trinajstić information content (AvgIpc) is 2.55. The third-order valence-corrected chi connectivity index (χ3v) is 4.20. The molecule has 1 fully saturated rings. The lowest BCUT2D eigenvalue weighted by Gasteiger charge is -2.29. The zero-order chi connectivity index (χ0) is 15.5. The summed E-state index contributed by atoms with van der Waals surface area (Å²) < 4.78 is 6.30. The summed E-state index contributed by atoms with van der Waals surface area (Å²) >= 11 is 3.45. The summed E-state index contributed by atoms with van der Waals surface area (Å²) in [4.78, 5) is 18.8. The molecule has 2 aromatic rings. The SMILES string of the molecule is CC(Nc1ccc2cc(Br)ccc2n1)C(=O)N1CCOCC1. The molecule has 0 saturated carbocycles. The van der Waals surface area contributed by atoms with Crippen molar-refractivity contribution >= 4 is 38.6 Å². The highest BCUT2D eigenvalue weighted by Gasteiger charge is 2.22. The largest absolute Gasteiger partial charge is 0.378 e. The van der Waals surface area contributed by atoms with E-state index in [-0.39, 0.29) is 11.9 Å². The summed E-state index contributed by atoms with van der Waals surface area (Å²) in [5, 5.41) is 4.25. The number of hydrogen-bond acceptors (Lipinski definition) is 4. The van der Waals surface area contributed by atoms with Crippen molar-refractivity contribution in [2.75, 3.05) is 31.6 Å². The number of pyridine rings is 1. The fourth-order valence-corrected chi connectivity index (χ4v) is 2.90. The zero-order valence-corrected chi connectivity index (χ0v) is 14.0. The van der Waals surface area contributed by atoms with Gasteiger partial charge in [0.15, 0.2) is 0 Å². The number of fused-ring (bicyclic) bond motifs is 1. The fourth-order valence-electron chi connectivity index (χ4n) is 2.52.